The van der Waals surface area contributed by atoms with E-state index in [0.29, 0.717) is 30.7 Å². The van der Waals surface area contributed by atoms with Crippen molar-refractivity contribution in [3.63, 3.8) is 0 Å². The van der Waals surface area contributed by atoms with Gasteiger partial charge in [0, 0.05) is 11.8 Å². The van der Waals surface area contributed by atoms with E-state index >= 15 is 0 Å². The van der Waals surface area contributed by atoms with E-state index in [1.807, 2.05) is 13.0 Å². The van der Waals surface area contributed by atoms with Crippen molar-refractivity contribution in [2.24, 2.45) is 5.92 Å². The van der Waals surface area contributed by atoms with Crippen molar-refractivity contribution in [2.45, 2.75) is 55.4 Å². The molecular weight excluding hydrogens is 410 g/mol. The first-order valence-electron chi connectivity index (χ1n) is 10.5. The largest absolute Gasteiger partial charge is 0.497 e. The fourth-order valence-corrected chi connectivity index (χ4v) is 7.09. The highest BCUT2D eigenvalue weighted by molar-refractivity contribution is 7.92. The maximum atomic E-state index is 13.9. The summed E-state index contributed by atoms with van der Waals surface area (Å²) >= 11 is 0. The van der Waals surface area contributed by atoms with Gasteiger partial charge in [-0.1, -0.05) is 24.1 Å². The van der Waals surface area contributed by atoms with E-state index < -0.39 is 27.4 Å². The summed E-state index contributed by atoms with van der Waals surface area (Å²) in [6.45, 7) is 1.91. The van der Waals surface area contributed by atoms with E-state index in [9.17, 15) is 18.9 Å². The van der Waals surface area contributed by atoms with Gasteiger partial charge >= 0.3 is 0 Å². The summed E-state index contributed by atoms with van der Waals surface area (Å²) in [6.07, 6.45) is 2.99. The fourth-order valence-electron chi connectivity index (χ4n) is 5.32. The molecule has 1 heterocycles. The minimum Gasteiger partial charge on any atom is -0.497 e. The normalized spacial score (nSPS) is 24.6. The quantitative estimate of drug-likeness (QED) is 0.692. The zero-order valence-corrected chi connectivity index (χ0v) is 18.5. The first kappa shape index (κ1) is 21.2. The summed E-state index contributed by atoms with van der Waals surface area (Å²) in [6, 6.07) is 16.3. The number of ether oxygens (including phenoxy) is 1. The molecule has 31 heavy (non-hydrogen) atoms. The van der Waals surface area contributed by atoms with E-state index in [1.54, 1.807) is 43.5 Å². The lowest BCUT2D eigenvalue weighted by atomic mass is 9.62. The number of nitrogens with zero attached hydrogens (tertiary/aromatic N) is 3. The number of aryl methyl sites for hydroxylation is 1. The number of fused-ring (bicyclic) bond motifs is 3. The fraction of sp³-hybridized carbons (Fsp3) is 0.417. The molecule has 1 saturated carbocycles. The predicted octanol–water partition coefficient (Wildman–Crippen LogP) is 4.45. The third-order valence-electron chi connectivity index (χ3n) is 6.74. The first-order chi connectivity index (χ1) is 14.9. The van der Waals surface area contributed by atoms with Crippen LogP contribution in [-0.4, -0.2) is 21.6 Å². The molecule has 0 bridgehead atoms. The Bertz CT molecular complexity index is 1180. The summed E-state index contributed by atoms with van der Waals surface area (Å²) in [7, 11) is -2.33. The van der Waals surface area contributed by atoms with E-state index in [1.165, 1.54) is 4.31 Å². The van der Waals surface area contributed by atoms with E-state index in [0.717, 1.165) is 24.0 Å². The van der Waals surface area contributed by atoms with Gasteiger partial charge in [0.1, 0.15) is 5.75 Å². The zero-order valence-electron chi connectivity index (χ0n) is 17.7. The molecule has 2 aromatic carbocycles. The number of rotatable bonds is 5. The van der Waals surface area contributed by atoms with Crippen molar-refractivity contribution < 1.29 is 13.2 Å². The number of hydrogen-bond donors (Lipinski definition) is 0. The second kappa shape index (κ2) is 7.90. The second-order valence-corrected chi connectivity index (χ2v) is 10.2. The van der Waals surface area contributed by atoms with Crippen molar-refractivity contribution in [1.29, 1.82) is 10.5 Å². The molecule has 2 aromatic rings. The Labute approximate surface area is 183 Å². The lowest BCUT2D eigenvalue weighted by molar-refractivity contribution is 0.216. The van der Waals surface area contributed by atoms with Gasteiger partial charge in [-0.2, -0.15) is 10.5 Å². The van der Waals surface area contributed by atoms with Crippen LogP contribution in [0.4, 0.5) is 5.69 Å². The highest BCUT2D eigenvalue weighted by Crippen LogP contribution is 2.58. The maximum Gasteiger partial charge on any atom is 0.264 e. The van der Waals surface area contributed by atoms with Crippen LogP contribution in [0, 0.1) is 35.5 Å². The van der Waals surface area contributed by atoms with Crippen LogP contribution in [0.5, 0.6) is 5.75 Å². The van der Waals surface area contributed by atoms with Crippen LogP contribution in [0.3, 0.4) is 0 Å². The molecule has 0 spiro atoms. The molecule has 0 N–H and O–H groups in total. The molecule has 0 amide bonds. The molecule has 1 aliphatic heterocycles. The van der Waals surface area contributed by atoms with E-state index in [-0.39, 0.29) is 4.90 Å². The van der Waals surface area contributed by atoms with Crippen LogP contribution in [0.25, 0.3) is 0 Å². The van der Waals surface area contributed by atoms with Crippen molar-refractivity contribution in [3.05, 3.63) is 53.6 Å². The molecule has 0 aromatic heterocycles. The number of methoxy groups -OCH3 is 1. The second-order valence-electron chi connectivity index (χ2n) is 8.38. The van der Waals surface area contributed by atoms with Crippen LogP contribution in [0.15, 0.2) is 47.4 Å². The number of nitriles is 2. The summed E-state index contributed by atoms with van der Waals surface area (Å²) in [5.74, 6) is 0.188. The van der Waals surface area contributed by atoms with Gasteiger partial charge in [0.15, 0.2) is 0 Å². The molecule has 6 nitrogen and oxygen atoms in total. The maximum absolute atomic E-state index is 13.9. The molecule has 7 heteroatoms. The van der Waals surface area contributed by atoms with Crippen molar-refractivity contribution in [3.8, 4) is 17.9 Å². The molecule has 0 unspecified atom stereocenters. The van der Waals surface area contributed by atoms with Gasteiger partial charge in [-0.25, -0.2) is 8.42 Å². The molecule has 1 aliphatic carbocycles. The minimum atomic E-state index is -3.91. The topological polar surface area (TPSA) is 94.2 Å². The standard InChI is InChI=1S/C24H25N3O3S/c1-17-6-9-20(10-7-17)31(28,29)27-22-11-8-19(30-2)15-21(22)24(13-4-14-25)12-3-5-18(16-26)23(24)27/h6-11,15,18,23H,3-5,12-13H2,1-2H3/t18-,23-,24+/m0/s1. The third kappa shape index (κ3) is 3.25. The van der Waals surface area contributed by atoms with Gasteiger partial charge in [0.2, 0.25) is 0 Å². The Balaban J connectivity index is 1.98. The Morgan fingerprint density at radius 3 is 2.58 bits per heavy atom. The zero-order chi connectivity index (χ0) is 22.2. The molecule has 3 atom stereocenters. The molecule has 1 fully saturated rings. The molecule has 160 valence electrons. The van der Waals surface area contributed by atoms with E-state index in [2.05, 4.69) is 12.1 Å². The minimum absolute atomic E-state index is 0.207. The Morgan fingerprint density at radius 2 is 1.94 bits per heavy atom. The highest BCUT2D eigenvalue weighted by atomic mass is 32.2. The molecule has 0 radical (unpaired) electrons. The van der Waals surface area contributed by atoms with Crippen LogP contribution < -0.4 is 9.04 Å². The summed E-state index contributed by atoms with van der Waals surface area (Å²) in [5, 5.41) is 19.3. The van der Waals surface area contributed by atoms with Crippen LogP contribution in [-0.2, 0) is 15.4 Å². The van der Waals surface area contributed by atoms with Crippen LogP contribution in [0.1, 0.15) is 43.2 Å². The summed E-state index contributed by atoms with van der Waals surface area (Å²) < 4.78 is 34.7. The van der Waals surface area contributed by atoms with Crippen molar-refractivity contribution in [2.75, 3.05) is 11.4 Å². The predicted molar refractivity (Wildman–Crippen MR) is 117 cm³/mol. The van der Waals surface area contributed by atoms with Gasteiger partial charge in [-0.15, -0.1) is 0 Å². The van der Waals surface area contributed by atoms with Gasteiger partial charge in [0.25, 0.3) is 10.0 Å². The van der Waals surface area contributed by atoms with Crippen LogP contribution in [0.2, 0.25) is 0 Å². The number of sulfonamides is 1. The third-order valence-corrected chi connectivity index (χ3v) is 8.55. The number of hydrogen-bond acceptors (Lipinski definition) is 5. The summed E-state index contributed by atoms with van der Waals surface area (Å²) in [5.41, 5.74) is 1.84. The molecule has 2 aliphatic rings. The van der Waals surface area contributed by atoms with Crippen LogP contribution >= 0.6 is 0 Å². The lowest BCUT2D eigenvalue weighted by Gasteiger charge is -2.44. The van der Waals surface area contributed by atoms with Crippen molar-refractivity contribution >= 4 is 15.7 Å². The monoisotopic (exact) mass is 435 g/mol. The summed E-state index contributed by atoms with van der Waals surface area (Å²) in [4.78, 5) is 0.207. The molecule has 4 rings (SSSR count). The lowest BCUT2D eigenvalue weighted by Crippen LogP contribution is -2.53. The van der Waals surface area contributed by atoms with Crippen molar-refractivity contribution in [1.82, 2.24) is 0 Å². The Morgan fingerprint density at radius 1 is 1.19 bits per heavy atom. The van der Waals surface area contributed by atoms with Gasteiger partial charge in [-0.05, 0) is 62.1 Å². The first-order valence-corrected chi connectivity index (χ1v) is 11.9. The average molecular weight is 436 g/mol. The smallest absolute Gasteiger partial charge is 0.264 e. The Hall–Kier alpha value is -3.03. The molecular formula is C24H25N3O3S. The number of anilines is 1. The number of benzene rings is 2. The Kier molecular flexibility index (Phi) is 5.41. The average Bonchev–Trinajstić information content (AvgIpc) is 3.08. The van der Waals surface area contributed by atoms with Gasteiger partial charge < -0.3 is 4.74 Å². The highest BCUT2D eigenvalue weighted by Gasteiger charge is 2.58. The van der Waals surface area contributed by atoms with E-state index in [4.69, 9.17) is 4.74 Å². The SMILES string of the molecule is COc1ccc2c(c1)[C@]1(CCC#N)CCC[C@@H](C#N)[C@@H]1N2S(=O)(=O)c1ccc(C)cc1. The van der Waals surface area contributed by atoms with Gasteiger partial charge in [0.05, 0.1) is 41.8 Å². The molecule has 0 saturated heterocycles. The van der Waals surface area contributed by atoms with Gasteiger partial charge in [-0.3, -0.25) is 4.31 Å².